The Bertz CT molecular complexity index is 136. The van der Waals surface area contributed by atoms with Gasteiger partial charge in [-0.05, 0) is 12.3 Å². The third kappa shape index (κ3) is 1.48. The van der Waals surface area contributed by atoms with Crippen molar-refractivity contribution in [3.05, 3.63) is 0 Å². The topological polar surface area (TPSA) is 40.5 Å². The number of carbonyl (C=O) groups excluding carboxylic acids is 1. The Balaban J connectivity index is 2.41. The highest BCUT2D eigenvalue weighted by Crippen LogP contribution is 2.15. The van der Waals surface area contributed by atoms with E-state index in [4.69, 9.17) is 5.11 Å². The van der Waals surface area contributed by atoms with Crippen molar-refractivity contribution in [1.29, 1.82) is 0 Å². The maximum atomic E-state index is 11.0. The number of hydrogen-bond donors (Lipinski definition) is 1. The van der Waals surface area contributed by atoms with E-state index in [9.17, 15) is 4.79 Å². The maximum Gasteiger partial charge on any atom is 0.222 e. The largest absolute Gasteiger partial charge is 0.396 e. The number of amides is 1. The molecular formula is C7H13NO2. The smallest absolute Gasteiger partial charge is 0.222 e. The predicted octanol–water partition coefficient (Wildman–Crippen LogP) is -0.153. The van der Waals surface area contributed by atoms with Crippen LogP contribution in [0.1, 0.15) is 12.8 Å². The van der Waals surface area contributed by atoms with Crippen LogP contribution in [0.3, 0.4) is 0 Å². The van der Waals surface area contributed by atoms with E-state index in [0.717, 1.165) is 13.0 Å². The summed E-state index contributed by atoms with van der Waals surface area (Å²) in [5, 5.41) is 8.72. The van der Waals surface area contributed by atoms with Gasteiger partial charge in [-0.3, -0.25) is 4.79 Å². The summed E-state index contributed by atoms with van der Waals surface area (Å²) in [5.41, 5.74) is 0. The molecule has 58 valence electrons. The average molecular weight is 143 g/mol. The van der Waals surface area contributed by atoms with Crippen LogP contribution in [-0.2, 0) is 4.79 Å². The van der Waals surface area contributed by atoms with E-state index >= 15 is 0 Å². The molecule has 10 heavy (non-hydrogen) atoms. The Hall–Kier alpha value is -0.570. The normalized spacial score (nSPS) is 27.2. The minimum absolute atomic E-state index is 0.152. The summed E-state index contributed by atoms with van der Waals surface area (Å²) in [6, 6.07) is 0. The van der Waals surface area contributed by atoms with Gasteiger partial charge in [-0.15, -0.1) is 0 Å². The lowest BCUT2D eigenvalue weighted by molar-refractivity contribution is -0.134. The number of likely N-dealkylation sites (tertiary alicyclic amines) is 1. The molecule has 1 aliphatic heterocycles. The number of aliphatic hydroxyl groups excluding tert-OH is 1. The Morgan fingerprint density at radius 2 is 2.50 bits per heavy atom. The molecular weight excluding hydrogens is 130 g/mol. The van der Waals surface area contributed by atoms with Crippen LogP contribution in [0.15, 0.2) is 0 Å². The zero-order chi connectivity index (χ0) is 7.56. The second-order valence-corrected chi connectivity index (χ2v) is 2.86. The van der Waals surface area contributed by atoms with Crippen molar-refractivity contribution < 1.29 is 9.90 Å². The van der Waals surface area contributed by atoms with Crippen molar-refractivity contribution in [2.75, 3.05) is 20.2 Å². The summed E-state index contributed by atoms with van der Waals surface area (Å²) >= 11 is 0. The molecule has 1 atom stereocenters. The van der Waals surface area contributed by atoms with Gasteiger partial charge in [0.25, 0.3) is 0 Å². The molecule has 1 saturated heterocycles. The molecule has 0 spiro atoms. The zero-order valence-electron chi connectivity index (χ0n) is 6.21. The fraction of sp³-hybridized carbons (Fsp3) is 0.857. The number of rotatable bonds is 1. The Labute approximate surface area is 60.6 Å². The molecule has 0 aliphatic carbocycles. The molecule has 1 fully saturated rings. The van der Waals surface area contributed by atoms with Gasteiger partial charge in [0, 0.05) is 26.6 Å². The molecule has 3 nitrogen and oxygen atoms in total. The molecule has 0 aromatic carbocycles. The van der Waals surface area contributed by atoms with Crippen molar-refractivity contribution in [1.82, 2.24) is 4.90 Å². The van der Waals surface area contributed by atoms with Gasteiger partial charge in [0.15, 0.2) is 0 Å². The highest BCUT2D eigenvalue weighted by Gasteiger charge is 2.21. The van der Waals surface area contributed by atoms with Crippen LogP contribution < -0.4 is 0 Å². The molecule has 1 aliphatic rings. The second kappa shape index (κ2) is 3.01. The lowest BCUT2D eigenvalue weighted by Gasteiger charge is -2.27. The molecule has 0 aromatic heterocycles. The first-order valence-electron chi connectivity index (χ1n) is 3.59. The van der Waals surface area contributed by atoms with Crippen LogP contribution in [0.4, 0.5) is 0 Å². The molecule has 0 bridgehead atoms. The first kappa shape index (κ1) is 7.54. The first-order chi connectivity index (χ1) is 4.74. The number of carbonyl (C=O) groups is 1. The minimum atomic E-state index is 0.152. The van der Waals surface area contributed by atoms with Crippen LogP contribution >= 0.6 is 0 Å². The lowest BCUT2D eigenvalue weighted by atomic mass is 9.98. The predicted molar refractivity (Wildman–Crippen MR) is 37.4 cm³/mol. The van der Waals surface area contributed by atoms with Crippen molar-refractivity contribution in [2.45, 2.75) is 12.8 Å². The van der Waals surface area contributed by atoms with Gasteiger partial charge in [-0.2, -0.15) is 0 Å². The molecule has 0 saturated carbocycles. The highest BCUT2D eigenvalue weighted by molar-refractivity contribution is 5.76. The number of aliphatic hydroxyl groups is 1. The highest BCUT2D eigenvalue weighted by atomic mass is 16.3. The van der Waals surface area contributed by atoms with E-state index in [1.165, 1.54) is 0 Å². The molecule has 3 heteroatoms. The monoisotopic (exact) mass is 143 g/mol. The molecule has 1 unspecified atom stereocenters. The molecule has 1 rings (SSSR count). The van der Waals surface area contributed by atoms with E-state index in [1.54, 1.807) is 11.9 Å². The minimum Gasteiger partial charge on any atom is -0.396 e. The van der Waals surface area contributed by atoms with E-state index in [0.29, 0.717) is 6.42 Å². The summed E-state index contributed by atoms with van der Waals surface area (Å²) in [6.45, 7) is 0.948. The first-order valence-corrected chi connectivity index (χ1v) is 3.59. The Morgan fingerprint density at radius 3 is 3.00 bits per heavy atom. The zero-order valence-corrected chi connectivity index (χ0v) is 6.21. The van der Waals surface area contributed by atoms with Crippen molar-refractivity contribution in [3.8, 4) is 0 Å². The lowest BCUT2D eigenvalue weighted by Crippen LogP contribution is -2.36. The Morgan fingerprint density at radius 1 is 1.80 bits per heavy atom. The third-order valence-corrected chi connectivity index (χ3v) is 2.02. The summed E-state index contributed by atoms with van der Waals surface area (Å²) < 4.78 is 0. The van der Waals surface area contributed by atoms with Crippen LogP contribution in [0.25, 0.3) is 0 Å². The molecule has 1 N–H and O–H groups in total. The van der Waals surface area contributed by atoms with Crippen molar-refractivity contribution in [3.63, 3.8) is 0 Å². The van der Waals surface area contributed by atoms with Gasteiger partial charge < -0.3 is 10.0 Å². The summed E-state index contributed by atoms with van der Waals surface area (Å²) in [4.78, 5) is 12.7. The van der Waals surface area contributed by atoms with Gasteiger partial charge in [0.05, 0.1) is 0 Å². The van der Waals surface area contributed by atoms with Crippen LogP contribution in [0, 0.1) is 5.92 Å². The van der Waals surface area contributed by atoms with E-state index in [2.05, 4.69) is 0 Å². The number of hydrogen-bond acceptors (Lipinski definition) is 2. The average Bonchev–Trinajstić information content (AvgIpc) is 1.95. The molecule has 1 amide bonds. The van der Waals surface area contributed by atoms with Crippen LogP contribution in [-0.4, -0.2) is 36.1 Å². The van der Waals surface area contributed by atoms with E-state index < -0.39 is 0 Å². The second-order valence-electron chi connectivity index (χ2n) is 2.86. The number of nitrogens with zero attached hydrogens (tertiary/aromatic N) is 1. The van der Waals surface area contributed by atoms with E-state index in [-0.39, 0.29) is 18.4 Å². The summed E-state index contributed by atoms with van der Waals surface area (Å²) in [6.07, 6.45) is 1.46. The maximum absolute atomic E-state index is 11.0. The summed E-state index contributed by atoms with van der Waals surface area (Å²) in [5.74, 6) is 0.369. The van der Waals surface area contributed by atoms with Gasteiger partial charge >= 0.3 is 0 Å². The fourth-order valence-electron chi connectivity index (χ4n) is 1.16. The standard InChI is InChI=1S/C7H13NO2/c1-8-3-2-6(5-9)4-7(8)10/h6,9H,2-5H2,1H3. The quantitative estimate of drug-likeness (QED) is 0.554. The molecule has 1 heterocycles. The van der Waals surface area contributed by atoms with Gasteiger partial charge in [-0.1, -0.05) is 0 Å². The van der Waals surface area contributed by atoms with Gasteiger partial charge in [-0.25, -0.2) is 0 Å². The number of piperidine rings is 1. The van der Waals surface area contributed by atoms with E-state index in [1.807, 2.05) is 0 Å². The third-order valence-electron chi connectivity index (χ3n) is 2.02. The van der Waals surface area contributed by atoms with Crippen LogP contribution in [0.5, 0.6) is 0 Å². The molecule has 0 aromatic rings. The molecule has 0 radical (unpaired) electrons. The van der Waals surface area contributed by atoms with Crippen molar-refractivity contribution >= 4 is 5.91 Å². The summed E-state index contributed by atoms with van der Waals surface area (Å²) in [7, 11) is 1.80. The van der Waals surface area contributed by atoms with Gasteiger partial charge in [0.2, 0.25) is 5.91 Å². The Kier molecular flexibility index (Phi) is 2.27. The van der Waals surface area contributed by atoms with Gasteiger partial charge in [0.1, 0.15) is 0 Å². The van der Waals surface area contributed by atoms with Crippen molar-refractivity contribution in [2.24, 2.45) is 5.92 Å². The fourth-order valence-corrected chi connectivity index (χ4v) is 1.16. The van der Waals surface area contributed by atoms with Crippen LogP contribution in [0.2, 0.25) is 0 Å². The SMILES string of the molecule is CN1CCC(CO)CC1=O.